The van der Waals surface area contributed by atoms with Gasteiger partial charge in [0.2, 0.25) is 0 Å². The Kier molecular flexibility index (Phi) is 3.79. The number of nitro groups is 1. The standard InChI is InChI=1S/C11H8N4O4S2/c12-6-7-2-1-3-8(4-7)14-21(18,19)10-5-9(15(16)17)11(13)20-10/h1-5,14H,13H2. The highest BCUT2D eigenvalue weighted by molar-refractivity contribution is 7.94. The third-order valence-electron chi connectivity index (χ3n) is 2.42. The Morgan fingerprint density at radius 1 is 1.38 bits per heavy atom. The monoisotopic (exact) mass is 324 g/mol. The fraction of sp³-hybridized carbons (Fsp3) is 0. The summed E-state index contributed by atoms with van der Waals surface area (Å²) < 4.78 is 26.2. The van der Waals surface area contributed by atoms with Crippen LogP contribution in [0.2, 0.25) is 0 Å². The van der Waals surface area contributed by atoms with E-state index in [0.29, 0.717) is 11.3 Å². The van der Waals surface area contributed by atoms with E-state index in [1.807, 2.05) is 6.07 Å². The van der Waals surface area contributed by atoms with Crippen LogP contribution in [0, 0.1) is 21.4 Å². The lowest BCUT2D eigenvalue weighted by Gasteiger charge is -2.05. The second kappa shape index (κ2) is 5.39. The maximum Gasteiger partial charge on any atom is 0.304 e. The molecule has 0 bridgehead atoms. The summed E-state index contributed by atoms with van der Waals surface area (Å²) in [5.74, 6) is 0. The number of thiophene rings is 1. The second-order valence-corrected chi connectivity index (χ2v) is 6.86. The molecule has 10 heteroatoms. The number of rotatable bonds is 4. The lowest BCUT2D eigenvalue weighted by molar-refractivity contribution is -0.383. The van der Waals surface area contributed by atoms with Gasteiger partial charge in [-0.3, -0.25) is 14.8 Å². The fourth-order valence-corrected chi connectivity index (χ4v) is 3.77. The summed E-state index contributed by atoms with van der Waals surface area (Å²) in [6, 6.07) is 8.63. The summed E-state index contributed by atoms with van der Waals surface area (Å²) in [6.07, 6.45) is 0. The number of nitrogen functional groups attached to an aromatic ring is 1. The van der Waals surface area contributed by atoms with Gasteiger partial charge in [-0.25, -0.2) is 8.42 Å². The lowest BCUT2D eigenvalue weighted by atomic mass is 10.2. The molecule has 1 aromatic heterocycles. The summed E-state index contributed by atoms with van der Waals surface area (Å²) in [5, 5.41) is 19.3. The summed E-state index contributed by atoms with van der Waals surface area (Å²) in [6.45, 7) is 0. The van der Waals surface area contributed by atoms with Crippen molar-refractivity contribution in [1.29, 1.82) is 5.26 Å². The highest BCUT2D eigenvalue weighted by Crippen LogP contribution is 2.35. The fourth-order valence-electron chi connectivity index (χ4n) is 1.51. The van der Waals surface area contributed by atoms with Gasteiger partial charge in [0.25, 0.3) is 10.0 Å². The van der Waals surface area contributed by atoms with Gasteiger partial charge in [0, 0.05) is 6.07 Å². The van der Waals surface area contributed by atoms with E-state index in [2.05, 4.69) is 4.72 Å². The topological polar surface area (TPSA) is 139 Å². The molecule has 1 aromatic carbocycles. The summed E-state index contributed by atoms with van der Waals surface area (Å²) in [7, 11) is -4.00. The van der Waals surface area contributed by atoms with Crippen LogP contribution in [-0.2, 0) is 10.0 Å². The Hall–Kier alpha value is -2.64. The Balaban J connectivity index is 2.36. The van der Waals surface area contributed by atoms with Crippen LogP contribution in [0.25, 0.3) is 0 Å². The minimum Gasteiger partial charge on any atom is -0.385 e. The molecule has 0 aliphatic carbocycles. The average molecular weight is 324 g/mol. The first-order valence-corrected chi connectivity index (χ1v) is 7.70. The quantitative estimate of drug-likeness (QED) is 0.650. The molecule has 0 aliphatic heterocycles. The largest absolute Gasteiger partial charge is 0.385 e. The molecule has 0 spiro atoms. The van der Waals surface area contributed by atoms with Gasteiger partial charge in [-0.15, -0.1) is 0 Å². The van der Waals surface area contributed by atoms with Crippen molar-refractivity contribution in [2.24, 2.45) is 0 Å². The van der Waals surface area contributed by atoms with Gasteiger partial charge in [0.1, 0.15) is 4.21 Å². The van der Waals surface area contributed by atoms with Gasteiger partial charge in [-0.2, -0.15) is 5.26 Å². The molecule has 8 nitrogen and oxygen atoms in total. The maximum atomic E-state index is 12.1. The van der Waals surface area contributed by atoms with E-state index in [0.717, 1.165) is 6.07 Å². The lowest BCUT2D eigenvalue weighted by Crippen LogP contribution is -2.11. The van der Waals surface area contributed by atoms with Crippen LogP contribution >= 0.6 is 11.3 Å². The molecule has 0 radical (unpaired) electrons. The molecule has 108 valence electrons. The van der Waals surface area contributed by atoms with Gasteiger partial charge in [-0.1, -0.05) is 17.4 Å². The Morgan fingerprint density at radius 2 is 2.10 bits per heavy atom. The van der Waals surface area contributed by atoms with Crippen molar-refractivity contribution in [3.63, 3.8) is 0 Å². The third-order valence-corrected chi connectivity index (χ3v) is 5.23. The van der Waals surface area contributed by atoms with Crippen LogP contribution in [0.3, 0.4) is 0 Å². The molecule has 0 saturated carbocycles. The molecule has 2 aromatic rings. The normalized spacial score (nSPS) is 10.8. The first-order chi connectivity index (χ1) is 9.83. The zero-order valence-corrected chi connectivity index (χ0v) is 11.9. The molecule has 0 unspecified atom stereocenters. The van der Waals surface area contributed by atoms with Gasteiger partial charge >= 0.3 is 5.69 Å². The van der Waals surface area contributed by atoms with E-state index in [1.54, 1.807) is 0 Å². The number of benzene rings is 1. The summed E-state index contributed by atoms with van der Waals surface area (Å²) in [4.78, 5) is 9.94. The molecule has 21 heavy (non-hydrogen) atoms. The van der Waals surface area contributed by atoms with Crippen LogP contribution in [0.5, 0.6) is 0 Å². The summed E-state index contributed by atoms with van der Waals surface area (Å²) in [5.41, 5.74) is 5.44. The van der Waals surface area contributed by atoms with Crippen LogP contribution in [0.4, 0.5) is 16.4 Å². The predicted molar refractivity (Wildman–Crippen MR) is 77.4 cm³/mol. The Morgan fingerprint density at radius 3 is 2.67 bits per heavy atom. The Bertz CT molecular complexity index is 851. The van der Waals surface area contributed by atoms with E-state index in [4.69, 9.17) is 11.0 Å². The zero-order chi connectivity index (χ0) is 15.6. The number of nitrogens with one attached hydrogen (secondary N) is 1. The van der Waals surface area contributed by atoms with Gasteiger partial charge in [0.15, 0.2) is 5.00 Å². The van der Waals surface area contributed by atoms with Crippen molar-refractivity contribution >= 4 is 37.7 Å². The molecule has 0 aliphatic rings. The predicted octanol–water partition coefficient (Wildman–Crippen LogP) is 1.91. The molecule has 0 fully saturated rings. The van der Waals surface area contributed by atoms with E-state index in [9.17, 15) is 18.5 Å². The van der Waals surface area contributed by atoms with Crippen LogP contribution in [0.1, 0.15) is 5.56 Å². The summed E-state index contributed by atoms with van der Waals surface area (Å²) >= 11 is 0.599. The van der Waals surface area contributed by atoms with E-state index < -0.39 is 20.6 Å². The number of hydrogen-bond donors (Lipinski definition) is 2. The number of anilines is 2. The van der Waals surface area contributed by atoms with Crippen molar-refractivity contribution in [1.82, 2.24) is 0 Å². The smallest absolute Gasteiger partial charge is 0.304 e. The maximum absolute atomic E-state index is 12.1. The van der Waals surface area contributed by atoms with Crippen molar-refractivity contribution < 1.29 is 13.3 Å². The minimum absolute atomic E-state index is 0.184. The van der Waals surface area contributed by atoms with Crippen molar-refractivity contribution in [3.05, 3.63) is 46.0 Å². The molecule has 1 heterocycles. The molecular formula is C11H8N4O4S2. The number of hydrogen-bond acceptors (Lipinski definition) is 7. The second-order valence-electron chi connectivity index (χ2n) is 3.87. The number of nitrogens with two attached hydrogens (primary N) is 1. The van der Waals surface area contributed by atoms with E-state index in [1.165, 1.54) is 24.3 Å². The minimum atomic E-state index is -4.00. The third kappa shape index (κ3) is 3.10. The first-order valence-electron chi connectivity index (χ1n) is 5.40. The van der Waals surface area contributed by atoms with Crippen LogP contribution < -0.4 is 10.5 Å². The van der Waals surface area contributed by atoms with E-state index in [-0.39, 0.29) is 20.5 Å². The van der Waals surface area contributed by atoms with Crippen LogP contribution in [-0.4, -0.2) is 13.3 Å². The number of nitrogens with zero attached hydrogens (tertiary/aromatic N) is 2. The van der Waals surface area contributed by atoms with Crippen molar-refractivity contribution in [2.75, 3.05) is 10.5 Å². The van der Waals surface area contributed by atoms with Crippen molar-refractivity contribution in [2.45, 2.75) is 4.21 Å². The molecule has 3 N–H and O–H groups in total. The van der Waals surface area contributed by atoms with Gasteiger partial charge in [0.05, 0.1) is 22.2 Å². The molecule has 0 atom stereocenters. The Labute approximate surface area is 123 Å². The highest BCUT2D eigenvalue weighted by atomic mass is 32.2. The molecular weight excluding hydrogens is 316 g/mol. The molecule has 0 amide bonds. The average Bonchev–Trinajstić information content (AvgIpc) is 2.81. The van der Waals surface area contributed by atoms with Crippen molar-refractivity contribution in [3.8, 4) is 6.07 Å². The SMILES string of the molecule is N#Cc1cccc(NS(=O)(=O)c2cc([N+](=O)[O-])c(N)s2)c1. The number of nitriles is 1. The van der Waals surface area contributed by atoms with E-state index >= 15 is 0 Å². The molecule has 0 saturated heterocycles. The first kappa shape index (κ1) is 14.8. The van der Waals surface area contributed by atoms with Gasteiger partial charge in [-0.05, 0) is 18.2 Å². The van der Waals surface area contributed by atoms with Gasteiger partial charge < -0.3 is 5.73 Å². The number of sulfonamides is 1. The van der Waals surface area contributed by atoms with Crippen LogP contribution in [0.15, 0.2) is 34.5 Å². The molecule has 2 rings (SSSR count). The zero-order valence-electron chi connectivity index (χ0n) is 10.3. The highest BCUT2D eigenvalue weighted by Gasteiger charge is 2.24.